The number of alkyl halides is 3. The molecule has 0 aromatic heterocycles. The van der Waals surface area contributed by atoms with Crippen molar-refractivity contribution in [3.05, 3.63) is 70.8 Å². The molecule has 0 bridgehead atoms. The van der Waals surface area contributed by atoms with Gasteiger partial charge in [-0.25, -0.2) is 0 Å². The molecule has 2 N–H and O–H groups in total. The summed E-state index contributed by atoms with van der Waals surface area (Å²) in [4.78, 5) is 4.07. The first-order valence-corrected chi connectivity index (χ1v) is 7.52. The van der Waals surface area contributed by atoms with Crippen molar-refractivity contribution in [2.45, 2.75) is 19.3 Å². The Kier molecular flexibility index (Phi) is 8.38. The molecule has 0 aliphatic rings. The highest BCUT2D eigenvalue weighted by Crippen LogP contribution is 2.28. The van der Waals surface area contributed by atoms with Gasteiger partial charge in [0, 0.05) is 20.1 Å². The Morgan fingerprint density at radius 1 is 1.04 bits per heavy atom. The van der Waals surface area contributed by atoms with E-state index in [1.165, 1.54) is 12.1 Å². The van der Waals surface area contributed by atoms with Crippen LogP contribution in [0.2, 0.25) is 0 Å². The van der Waals surface area contributed by atoms with E-state index in [1.807, 2.05) is 6.07 Å². The highest BCUT2D eigenvalue weighted by molar-refractivity contribution is 14.0. The van der Waals surface area contributed by atoms with Gasteiger partial charge in [0.05, 0.1) is 17.2 Å². The Hall–Kier alpha value is -2.28. The van der Waals surface area contributed by atoms with E-state index in [-0.39, 0.29) is 24.0 Å². The molecule has 2 aromatic carbocycles. The Bertz CT molecular complexity index is 780. The summed E-state index contributed by atoms with van der Waals surface area (Å²) in [5, 5.41) is 15.0. The highest BCUT2D eigenvalue weighted by atomic mass is 127. The Morgan fingerprint density at radius 3 is 2.19 bits per heavy atom. The summed E-state index contributed by atoms with van der Waals surface area (Å²) in [5.74, 6) is 0.516. The molecule has 4 nitrogen and oxygen atoms in total. The number of rotatable bonds is 4. The third kappa shape index (κ3) is 6.55. The molecule has 0 radical (unpaired) electrons. The van der Waals surface area contributed by atoms with Crippen molar-refractivity contribution in [1.82, 2.24) is 10.6 Å². The lowest BCUT2D eigenvalue weighted by molar-refractivity contribution is -0.137. The van der Waals surface area contributed by atoms with Crippen molar-refractivity contribution in [2.24, 2.45) is 4.99 Å². The zero-order valence-electron chi connectivity index (χ0n) is 14.0. The molecule has 0 atom stereocenters. The van der Waals surface area contributed by atoms with E-state index in [0.29, 0.717) is 30.2 Å². The molecule has 8 heteroatoms. The summed E-state index contributed by atoms with van der Waals surface area (Å²) in [6.45, 7) is 0.818. The van der Waals surface area contributed by atoms with Gasteiger partial charge in [-0.15, -0.1) is 24.0 Å². The second-order valence-electron chi connectivity index (χ2n) is 5.29. The fraction of sp³-hybridized carbons (Fsp3) is 0.222. The fourth-order valence-corrected chi connectivity index (χ4v) is 2.15. The van der Waals surface area contributed by atoms with Gasteiger partial charge in [-0.05, 0) is 35.4 Å². The molecule has 0 saturated heterocycles. The molecule has 2 rings (SSSR count). The van der Waals surface area contributed by atoms with Crippen molar-refractivity contribution < 1.29 is 13.2 Å². The highest BCUT2D eigenvalue weighted by Gasteiger charge is 2.29. The van der Waals surface area contributed by atoms with Gasteiger partial charge < -0.3 is 10.6 Å². The Morgan fingerprint density at radius 2 is 1.65 bits per heavy atom. The molecule has 0 saturated carbocycles. The molecular formula is C18H18F3IN4. The minimum atomic E-state index is -4.33. The first-order chi connectivity index (χ1) is 11.9. The Balaban J connectivity index is 0.00000338. The number of hydrogen-bond donors (Lipinski definition) is 2. The van der Waals surface area contributed by atoms with E-state index in [4.69, 9.17) is 5.26 Å². The van der Waals surface area contributed by atoms with Crippen LogP contribution in [-0.4, -0.2) is 13.0 Å². The van der Waals surface area contributed by atoms with Gasteiger partial charge in [0.1, 0.15) is 0 Å². The molecule has 0 aliphatic heterocycles. The predicted octanol–water partition coefficient (Wildman–Crippen LogP) is 4.06. The van der Waals surface area contributed by atoms with Gasteiger partial charge in [0.15, 0.2) is 5.96 Å². The van der Waals surface area contributed by atoms with E-state index < -0.39 is 11.7 Å². The van der Waals surface area contributed by atoms with Gasteiger partial charge in [0.2, 0.25) is 0 Å². The van der Waals surface area contributed by atoms with Crippen LogP contribution in [0.1, 0.15) is 22.3 Å². The lowest BCUT2D eigenvalue weighted by Gasteiger charge is -2.13. The largest absolute Gasteiger partial charge is 0.416 e. The number of hydrogen-bond acceptors (Lipinski definition) is 2. The monoisotopic (exact) mass is 474 g/mol. The summed E-state index contributed by atoms with van der Waals surface area (Å²) in [6.07, 6.45) is -4.33. The second-order valence-corrected chi connectivity index (χ2v) is 5.29. The number of nitrogens with zero attached hydrogens (tertiary/aromatic N) is 2. The van der Waals surface area contributed by atoms with E-state index >= 15 is 0 Å². The van der Waals surface area contributed by atoms with Crippen LogP contribution in [0.5, 0.6) is 0 Å². The van der Waals surface area contributed by atoms with E-state index in [2.05, 4.69) is 21.7 Å². The van der Waals surface area contributed by atoms with E-state index in [1.54, 1.807) is 25.2 Å². The van der Waals surface area contributed by atoms with Gasteiger partial charge in [-0.1, -0.05) is 24.3 Å². The standard InChI is InChI=1S/C18H17F3N4.HI/c1-23-17(25-12-15-4-2-3-14(9-15)10-22)24-11-13-5-7-16(8-6-13)18(19,20)21;/h2-9H,11-12H2,1H3,(H2,23,24,25);1H. The molecule has 0 heterocycles. The number of guanidine groups is 1. The summed E-state index contributed by atoms with van der Waals surface area (Å²) < 4.78 is 37.6. The molecule has 2 aromatic rings. The molecule has 0 fully saturated rings. The molecular weight excluding hydrogens is 456 g/mol. The van der Waals surface area contributed by atoms with Crippen LogP contribution in [0.4, 0.5) is 13.2 Å². The topological polar surface area (TPSA) is 60.2 Å². The van der Waals surface area contributed by atoms with Crippen molar-refractivity contribution >= 4 is 29.9 Å². The van der Waals surface area contributed by atoms with Crippen LogP contribution in [0, 0.1) is 11.3 Å². The smallest absolute Gasteiger partial charge is 0.352 e. The fourth-order valence-electron chi connectivity index (χ4n) is 2.15. The number of nitriles is 1. The average Bonchev–Trinajstić information content (AvgIpc) is 2.61. The second kappa shape index (κ2) is 10.0. The minimum absolute atomic E-state index is 0. The van der Waals surface area contributed by atoms with Crippen molar-refractivity contribution in [1.29, 1.82) is 5.26 Å². The Labute approximate surface area is 167 Å². The maximum absolute atomic E-state index is 12.5. The normalized spacial score (nSPS) is 11.3. The van der Waals surface area contributed by atoms with Crippen LogP contribution in [0.3, 0.4) is 0 Å². The summed E-state index contributed by atoms with van der Waals surface area (Å²) >= 11 is 0. The van der Waals surface area contributed by atoms with Crippen molar-refractivity contribution in [3.8, 4) is 6.07 Å². The first-order valence-electron chi connectivity index (χ1n) is 7.52. The van der Waals surface area contributed by atoms with E-state index in [0.717, 1.165) is 17.7 Å². The molecule has 0 amide bonds. The number of benzene rings is 2. The SMILES string of the molecule is CN=C(NCc1ccc(C(F)(F)F)cc1)NCc1cccc(C#N)c1.I. The minimum Gasteiger partial charge on any atom is -0.352 e. The van der Waals surface area contributed by atoms with Gasteiger partial charge in [-0.2, -0.15) is 18.4 Å². The quantitative estimate of drug-likeness (QED) is 0.399. The predicted molar refractivity (Wildman–Crippen MR) is 105 cm³/mol. The van der Waals surface area contributed by atoms with Crippen molar-refractivity contribution in [3.63, 3.8) is 0 Å². The summed E-state index contributed by atoms with van der Waals surface area (Å²) in [6, 6.07) is 14.2. The zero-order chi connectivity index (χ0) is 18.3. The number of nitrogens with one attached hydrogen (secondary N) is 2. The third-order valence-electron chi connectivity index (χ3n) is 3.48. The third-order valence-corrected chi connectivity index (χ3v) is 3.48. The zero-order valence-corrected chi connectivity index (χ0v) is 16.3. The lowest BCUT2D eigenvalue weighted by atomic mass is 10.1. The molecule has 0 aliphatic carbocycles. The lowest BCUT2D eigenvalue weighted by Crippen LogP contribution is -2.36. The number of aliphatic imine (C=N–C) groups is 1. The van der Waals surface area contributed by atoms with Crippen LogP contribution in [0.15, 0.2) is 53.5 Å². The maximum Gasteiger partial charge on any atom is 0.416 e. The average molecular weight is 474 g/mol. The maximum atomic E-state index is 12.5. The summed E-state index contributed by atoms with van der Waals surface area (Å²) in [5.41, 5.74) is 1.54. The number of halogens is 4. The van der Waals surface area contributed by atoms with Crippen molar-refractivity contribution in [2.75, 3.05) is 7.05 Å². The van der Waals surface area contributed by atoms with Crippen LogP contribution in [-0.2, 0) is 19.3 Å². The molecule has 0 unspecified atom stereocenters. The molecule has 0 spiro atoms. The molecule has 26 heavy (non-hydrogen) atoms. The summed E-state index contributed by atoms with van der Waals surface area (Å²) in [7, 11) is 1.60. The van der Waals surface area contributed by atoms with E-state index in [9.17, 15) is 13.2 Å². The first kappa shape index (κ1) is 21.8. The van der Waals surface area contributed by atoms with Gasteiger partial charge >= 0.3 is 6.18 Å². The van der Waals surface area contributed by atoms with Gasteiger partial charge in [-0.3, -0.25) is 4.99 Å². The van der Waals surface area contributed by atoms with Crippen LogP contribution < -0.4 is 10.6 Å². The molecule has 138 valence electrons. The van der Waals surface area contributed by atoms with Crippen LogP contribution in [0.25, 0.3) is 0 Å². The van der Waals surface area contributed by atoms with Gasteiger partial charge in [0.25, 0.3) is 0 Å². The van der Waals surface area contributed by atoms with Crippen LogP contribution >= 0.6 is 24.0 Å².